The molecule has 0 N–H and O–H groups in total. The number of rotatable bonds is 4. The number of nitrogens with zero attached hydrogens (tertiary/aromatic N) is 3. The molecule has 30 heavy (non-hydrogen) atoms. The van der Waals surface area contributed by atoms with E-state index in [0.717, 1.165) is 28.8 Å². The number of hydrazone groups is 1. The number of fused-ring (bicyclic) bond motifs is 3. The lowest BCUT2D eigenvalue weighted by Gasteiger charge is -2.38. The van der Waals surface area contributed by atoms with Crippen molar-refractivity contribution in [2.24, 2.45) is 5.10 Å². The molecular formula is C23H19N3O4. The van der Waals surface area contributed by atoms with Crippen molar-refractivity contribution in [2.45, 2.75) is 18.7 Å². The van der Waals surface area contributed by atoms with Crippen molar-refractivity contribution in [3.63, 3.8) is 0 Å². The van der Waals surface area contributed by atoms with E-state index < -0.39 is 11.2 Å². The van der Waals surface area contributed by atoms with Gasteiger partial charge in [0, 0.05) is 29.7 Å². The minimum atomic E-state index is -0.513. The van der Waals surface area contributed by atoms with E-state index in [-0.39, 0.29) is 11.7 Å². The second-order valence-corrected chi connectivity index (χ2v) is 7.21. The van der Waals surface area contributed by atoms with E-state index in [1.165, 1.54) is 12.1 Å². The molecule has 0 amide bonds. The number of benzene rings is 3. The van der Waals surface area contributed by atoms with E-state index in [4.69, 9.17) is 14.6 Å². The minimum absolute atomic E-state index is 0.0146. The van der Waals surface area contributed by atoms with Gasteiger partial charge in [0.2, 0.25) is 6.23 Å². The highest BCUT2D eigenvalue weighted by atomic mass is 16.6. The van der Waals surface area contributed by atoms with Crippen LogP contribution in [-0.4, -0.2) is 22.8 Å². The quantitative estimate of drug-likeness (QED) is 0.462. The Morgan fingerprint density at radius 1 is 1.07 bits per heavy atom. The summed E-state index contributed by atoms with van der Waals surface area (Å²) in [6.07, 6.45) is 0.220. The number of ether oxygens (including phenoxy) is 2. The van der Waals surface area contributed by atoms with Crippen LogP contribution in [0.5, 0.6) is 11.5 Å². The Morgan fingerprint density at radius 2 is 1.83 bits per heavy atom. The molecule has 0 radical (unpaired) electrons. The Balaban J connectivity index is 1.60. The van der Waals surface area contributed by atoms with Crippen LogP contribution in [0.3, 0.4) is 0 Å². The maximum absolute atomic E-state index is 11.0. The van der Waals surface area contributed by atoms with E-state index in [2.05, 4.69) is 0 Å². The van der Waals surface area contributed by atoms with Crippen LogP contribution in [0.2, 0.25) is 0 Å². The topological polar surface area (TPSA) is 77.2 Å². The molecule has 0 saturated carbocycles. The summed E-state index contributed by atoms with van der Waals surface area (Å²) in [4.78, 5) is 10.6. The number of para-hydroxylation sites is 1. The Kier molecular flexibility index (Phi) is 4.35. The van der Waals surface area contributed by atoms with E-state index in [1.807, 2.05) is 53.5 Å². The van der Waals surface area contributed by atoms with Crippen LogP contribution >= 0.6 is 0 Å². The molecule has 3 aromatic rings. The van der Waals surface area contributed by atoms with Gasteiger partial charge in [0.15, 0.2) is 11.5 Å². The van der Waals surface area contributed by atoms with Crippen molar-refractivity contribution < 1.29 is 14.4 Å². The smallest absolute Gasteiger partial charge is 0.269 e. The second kappa shape index (κ2) is 7.18. The highest BCUT2D eigenvalue weighted by molar-refractivity contribution is 6.01. The van der Waals surface area contributed by atoms with Crippen molar-refractivity contribution in [2.75, 3.05) is 7.11 Å². The minimum Gasteiger partial charge on any atom is -0.493 e. The third-order valence-electron chi connectivity index (χ3n) is 5.50. The van der Waals surface area contributed by atoms with Gasteiger partial charge >= 0.3 is 0 Å². The third-order valence-corrected chi connectivity index (χ3v) is 5.50. The zero-order valence-electron chi connectivity index (χ0n) is 16.3. The summed E-state index contributed by atoms with van der Waals surface area (Å²) >= 11 is 0. The Bertz CT molecular complexity index is 1130. The molecule has 0 aliphatic carbocycles. The lowest BCUT2D eigenvalue weighted by molar-refractivity contribution is -0.384. The van der Waals surface area contributed by atoms with Crippen molar-refractivity contribution in [1.82, 2.24) is 5.01 Å². The van der Waals surface area contributed by atoms with Crippen molar-refractivity contribution in [3.8, 4) is 11.5 Å². The van der Waals surface area contributed by atoms with Gasteiger partial charge in [0.25, 0.3) is 5.69 Å². The molecule has 0 fully saturated rings. The summed E-state index contributed by atoms with van der Waals surface area (Å²) in [5.41, 5.74) is 3.90. The molecular weight excluding hydrogens is 382 g/mol. The van der Waals surface area contributed by atoms with Gasteiger partial charge < -0.3 is 9.47 Å². The van der Waals surface area contributed by atoms with Gasteiger partial charge in [-0.3, -0.25) is 10.1 Å². The molecule has 0 unspecified atom stereocenters. The molecule has 2 atom stereocenters. The first-order valence-corrected chi connectivity index (χ1v) is 9.65. The summed E-state index contributed by atoms with van der Waals surface area (Å²) in [7, 11) is 1.62. The molecule has 0 bridgehead atoms. The maximum atomic E-state index is 11.0. The molecule has 2 heterocycles. The molecule has 7 heteroatoms. The zero-order valence-corrected chi connectivity index (χ0v) is 16.3. The summed E-state index contributed by atoms with van der Waals surface area (Å²) in [5.74, 6) is 1.35. The standard InChI is InChI=1S/C23H19N3O4/c1-29-21-9-5-8-18-20-14-19(15-6-3-2-4-7-15)24-25(20)23(30-22(18)21)16-10-12-17(13-11-16)26(27)28/h2-13,20,23H,14H2,1H3/t20-,23-/m1/s1. The normalized spacial score (nSPS) is 19.4. The van der Waals surface area contributed by atoms with Crippen molar-refractivity contribution >= 4 is 11.4 Å². The summed E-state index contributed by atoms with van der Waals surface area (Å²) in [6.45, 7) is 0. The molecule has 0 spiro atoms. The molecule has 0 aromatic heterocycles. The number of hydrogen-bond donors (Lipinski definition) is 0. The fourth-order valence-electron chi connectivity index (χ4n) is 4.03. The average molecular weight is 401 g/mol. The highest BCUT2D eigenvalue weighted by Crippen LogP contribution is 2.50. The third kappa shape index (κ3) is 2.95. The molecule has 5 rings (SSSR count). The van der Waals surface area contributed by atoms with Gasteiger partial charge in [-0.15, -0.1) is 0 Å². The van der Waals surface area contributed by atoms with Gasteiger partial charge in [-0.25, -0.2) is 5.01 Å². The van der Waals surface area contributed by atoms with Gasteiger partial charge in [-0.2, -0.15) is 5.10 Å². The van der Waals surface area contributed by atoms with Gasteiger partial charge in [0.05, 0.1) is 23.8 Å². The second-order valence-electron chi connectivity index (χ2n) is 7.21. The first-order chi connectivity index (χ1) is 14.7. The Labute approximate surface area is 173 Å². The van der Waals surface area contributed by atoms with Gasteiger partial charge in [-0.05, 0) is 23.8 Å². The molecule has 2 aliphatic rings. The monoisotopic (exact) mass is 401 g/mol. The fraction of sp³-hybridized carbons (Fsp3) is 0.174. The lowest BCUT2D eigenvalue weighted by Crippen LogP contribution is -2.33. The molecule has 7 nitrogen and oxygen atoms in total. The largest absolute Gasteiger partial charge is 0.493 e. The fourth-order valence-corrected chi connectivity index (χ4v) is 4.03. The number of methoxy groups -OCH3 is 1. The van der Waals surface area contributed by atoms with Crippen molar-refractivity contribution in [3.05, 3.63) is 99.6 Å². The predicted octanol–water partition coefficient (Wildman–Crippen LogP) is 4.85. The van der Waals surface area contributed by atoms with Crippen LogP contribution in [0.1, 0.15) is 35.4 Å². The summed E-state index contributed by atoms with van der Waals surface area (Å²) in [6, 6.07) is 22.3. The Morgan fingerprint density at radius 3 is 2.53 bits per heavy atom. The van der Waals surface area contributed by atoms with E-state index in [9.17, 15) is 10.1 Å². The van der Waals surface area contributed by atoms with Gasteiger partial charge in [0.1, 0.15) is 0 Å². The number of nitro groups is 1. The zero-order chi connectivity index (χ0) is 20.7. The van der Waals surface area contributed by atoms with Crippen LogP contribution in [0.15, 0.2) is 77.9 Å². The van der Waals surface area contributed by atoms with E-state index in [1.54, 1.807) is 19.2 Å². The first kappa shape index (κ1) is 18.2. The molecule has 3 aromatic carbocycles. The molecule has 2 aliphatic heterocycles. The first-order valence-electron chi connectivity index (χ1n) is 9.65. The number of non-ortho nitro benzene ring substituents is 1. The lowest BCUT2D eigenvalue weighted by atomic mass is 9.95. The predicted molar refractivity (Wildman–Crippen MR) is 112 cm³/mol. The summed E-state index contributed by atoms with van der Waals surface area (Å²) < 4.78 is 11.9. The van der Waals surface area contributed by atoms with Gasteiger partial charge in [-0.1, -0.05) is 42.5 Å². The van der Waals surface area contributed by atoms with Crippen LogP contribution in [0.25, 0.3) is 0 Å². The van der Waals surface area contributed by atoms with Crippen LogP contribution in [0.4, 0.5) is 5.69 Å². The van der Waals surface area contributed by atoms with E-state index in [0.29, 0.717) is 11.5 Å². The van der Waals surface area contributed by atoms with Crippen LogP contribution < -0.4 is 9.47 Å². The summed E-state index contributed by atoms with van der Waals surface area (Å²) in [5, 5.41) is 17.9. The maximum Gasteiger partial charge on any atom is 0.269 e. The van der Waals surface area contributed by atoms with Crippen LogP contribution in [0, 0.1) is 10.1 Å². The van der Waals surface area contributed by atoms with Crippen molar-refractivity contribution in [1.29, 1.82) is 0 Å². The number of hydrogen-bond acceptors (Lipinski definition) is 6. The average Bonchev–Trinajstić information content (AvgIpc) is 3.24. The molecule has 0 saturated heterocycles. The Hall–Kier alpha value is -3.87. The number of nitro benzene ring substituents is 1. The SMILES string of the molecule is COc1cccc2c1O[C@H](c1ccc([N+](=O)[O-])cc1)N1N=C(c3ccccc3)C[C@H]21. The highest BCUT2D eigenvalue weighted by Gasteiger charge is 2.42. The van der Waals surface area contributed by atoms with E-state index >= 15 is 0 Å². The molecule has 150 valence electrons. The van der Waals surface area contributed by atoms with Crippen LogP contribution in [-0.2, 0) is 0 Å².